The molecule has 0 amide bonds. The lowest BCUT2D eigenvalue weighted by Gasteiger charge is -2.12. The Morgan fingerprint density at radius 3 is 2.36 bits per heavy atom. The molecule has 0 saturated carbocycles. The van der Waals surface area contributed by atoms with Crippen molar-refractivity contribution in [1.82, 2.24) is 9.97 Å². The summed E-state index contributed by atoms with van der Waals surface area (Å²) in [6.07, 6.45) is -0.409. The third-order valence-electron chi connectivity index (χ3n) is 3.66. The van der Waals surface area contributed by atoms with Crippen molar-refractivity contribution in [2.24, 2.45) is 0 Å². The van der Waals surface area contributed by atoms with Gasteiger partial charge in [-0.25, -0.2) is 22.4 Å². The van der Waals surface area contributed by atoms with Crippen LogP contribution in [0, 0.1) is 11.6 Å². The predicted molar refractivity (Wildman–Crippen MR) is 81.2 cm³/mol. The summed E-state index contributed by atoms with van der Waals surface area (Å²) < 4.78 is 59.2. The summed E-state index contributed by atoms with van der Waals surface area (Å²) in [6, 6.07) is 3.78. The van der Waals surface area contributed by atoms with E-state index in [0.29, 0.717) is 0 Å². The first-order chi connectivity index (χ1) is 11.9. The number of methoxy groups -OCH3 is 1. The van der Waals surface area contributed by atoms with E-state index in [4.69, 9.17) is 0 Å². The summed E-state index contributed by atoms with van der Waals surface area (Å²) in [5.74, 6) is -2.71. The highest BCUT2D eigenvalue weighted by atomic mass is 19.3. The first-order valence-corrected chi connectivity index (χ1v) is 7.02. The maximum absolute atomic E-state index is 14.1. The number of halogens is 4. The van der Waals surface area contributed by atoms with Gasteiger partial charge in [-0.2, -0.15) is 0 Å². The molecule has 0 aliphatic heterocycles. The molecule has 2 aromatic heterocycles. The number of aromatic nitrogens is 2. The monoisotopic (exact) mass is 350 g/mol. The fourth-order valence-electron chi connectivity index (χ4n) is 2.52. The Labute approximate surface area is 139 Å². The zero-order valence-corrected chi connectivity index (χ0v) is 12.8. The lowest BCUT2D eigenvalue weighted by molar-refractivity contribution is 0.0601. The van der Waals surface area contributed by atoms with E-state index in [-0.39, 0.29) is 22.0 Å². The van der Waals surface area contributed by atoms with Crippen LogP contribution in [0.1, 0.15) is 22.3 Å². The minimum Gasteiger partial charge on any atom is -0.465 e. The molecule has 8 heteroatoms. The average Bonchev–Trinajstić information content (AvgIpc) is 2.60. The fraction of sp³-hybridized carbons (Fsp3) is 0.118. The van der Waals surface area contributed by atoms with Crippen LogP contribution in [0.3, 0.4) is 0 Å². The van der Waals surface area contributed by atoms with Gasteiger partial charge in [0.1, 0.15) is 0 Å². The highest BCUT2D eigenvalue weighted by molar-refractivity contribution is 6.01. The zero-order valence-electron chi connectivity index (χ0n) is 12.8. The van der Waals surface area contributed by atoms with Crippen LogP contribution in [-0.2, 0) is 4.74 Å². The fourth-order valence-corrected chi connectivity index (χ4v) is 2.52. The van der Waals surface area contributed by atoms with Crippen molar-refractivity contribution in [1.29, 1.82) is 0 Å². The number of pyridine rings is 2. The molecule has 0 aliphatic carbocycles. The molecule has 0 fully saturated rings. The Kier molecular flexibility index (Phi) is 4.35. The molecule has 0 N–H and O–H groups in total. The highest BCUT2D eigenvalue weighted by Gasteiger charge is 2.21. The summed E-state index contributed by atoms with van der Waals surface area (Å²) in [7, 11) is 1.16. The lowest BCUT2D eigenvalue weighted by atomic mass is 9.99. The van der Waals surface area contributed by atoms with Gasteiger partial charge < -0.3 is 4.74 Å². The number of ether oxygens (including phenoxy) is 1. The third kappa shape index (κ3) is 2.90. The highest BCUT2D eigenvalue weighted by Crippen LogP contribution is 2.35. The maximum Gasteiger partial charge on any atom is 0.337 e. The SMILES string of the molecule is COC(=O)c1ccc2c(C(F)F)cnc(-c3c(F)cncc3F)c2c1. The van der Waals surface area contributed by atoms with Crippen LogP contribution < -0.4 is 0 Å². The van der Waals surface area contributed by atoms with Crippen LogP contribution in [-0.4, -0.2) is 23.0 Å². The molecule has 3 aromatic rings. The van der Waals surface area contributed by atoms with Gasteiger partial charge in [-0.3, -0.25) is 9.97 Å². The van der Waals surface area contributed by atoms with E-state index in [9.17, 15) is 22.4 Å². The molecule has 4 nitrogen and oxygen atoms in total. The van der Waals surface area contributed by atoms with Crippen molar-refractivity contribution in [3.05, 3.63) is 59.6 Å². The minimum atomic E-state index is -2.85. The van der Waals surface area contributed by atoms with Crippen molar-refractivity contribution in [2.75, 3.05) is 7.11 Å². The first-order valence-electron chi connectivity index (χ1n) is 7.02. The van der Waals surface area contributed by atoms with E-state index in [1.54, 1.807) is 0 Å². The molecule has 0 saturated heterocycles. The van der Waals surface area contributed by atoms with Gasteiger partial charge in [0.25, 0.3) is 6.43 Å². The van der Waals surface area contributed by atoms with Gasteiger partial charge in [0, 0.05) is 17.1 Å². The van der Waals surface area contributed by atoms with E-state index < -0.39 is 35.2 Å². The predicted octanol–water partition coefficient (Wildman–Crippen LogP) is 4.30. The number of carbonyl (C=O) groups excluding carboxylic acids is 1. The van der Waals surface area contributed by atoms with Gasteiger partial charge in [-0.15, -0.1) is 0 Å². The molecule has 1 aromatic carbocycles. The van der Waals surface area contributed by atoms with Crippen LogP contribution in [0.2, 0.25) is 0 Å². The van der Waals surface area contributed by atoms with Crippen LogP contribution in [0.25, 0.3) is 22.0 Å². The van der Waals surface area contributed by atoms with Crippen molar-refractivity contribution < 1.29 is 27.1 Å². The quantitative estimate of drug-likeness (QED) is 0.522. The smallest absolute Gasteiger partial charge is 0.337 e. The maximum atomic E-state index is 14.1. The van der Waals surface area contributed by atoms with Gasteiger partial charge in [0.05, 0.1) is 36.3 Å². The van der Waals surface area contributed by atoms with Crippen molar-refractivity contribution in [3.63, 3.8) is 0 Å². The Morgan fingerprint density at radius 1 is 1.08 bits per heavy atom. The zero-order chi connectivity index (χ0) is 18.1. The number of alkyl halides is 2. The second-order valence-corrected chi connectivity index (χ2v) is 5.09. The van der Waals surface area contributed by atoms with Gasteiger partial charge in [-0.1, -0.05) is 6.07 Å². The molecule has 0 bridgehead atoms. The van der Waals surface area contributed by atoms with Crippen molar-refractivity contribution >= 4 is 16.7 Å². The van der Waals surface area contributed by atoms with E-state index in [1.807, 2.05) is 0 Å². The number of benzene rings is 1. The van der Waals surface area contributed by atoms with Gasteiger partial charge in [0.15, 0.2) is 11.6 Å². The van der Waals surface area contributed by atoms with E-state index in [1.165, 1.54) is 18.2 Å². The average molecular weight is 350 g/mol. The van der Waals surface area contributed by atoms with Crippen LogP contribution in [0.4, 0.5) is 17.6 Å². The number of fused-ring (bicyclic) bond motifs is 1. The topological polar surface area (TPSA) is 52.1 Å². The molecule has 0 aliphatic rings. The number of carbonyl (C=O) groups is 1. The molecule has 128 valence electrons. The molecule has 0 radical (unpaired) electrons. The Bertz CT molecular complexity index is 956. The van der Waals surface area contributed by atoms with E-state index >= 15 is 0 Å². The third-order valence-corrected chi connectivity index (χ3v) is 3.66. The molecule has 0 unspecified atom stereocenters. The number of hydrogen-bond acceptors (Lipinski definition) is 4. The molecular weight excluding hydrogens is 340 g/mol. The molecule has 3 rings (SSSR count). The standard InChI is InChI=1S/C17H10F4N2O2/c1-25-17(24)8-2-3-9-10(4-8)15(23-5-11(9)16(20)21)14-12(18)6-22-7-13(14)19/h2-7,16H,1H3. The minimum absolute atomic E-state index is 0.00435. The summed E-state index contributed by atoms with van der Waals surface area (Å²) in [6.45, 7) is 0. The summed E-state index contributed by atoms with van der Waals surface area (Å²) in [5, 5.41) is 0.0352. The van der Waals surface area contributed by atoms with E-state index in [0.717, 1.165) is 25.7 Å². The summed E-state index contributed by atoms with van der Waals surface area (Å²) in [4.78, 5) is 18.9. The molecule has 0 atom stereocenters. The first kappa shape index (κ1) is 16.8. The summed E-state index contributed by atoms with van der Waals surface area (Å²) >= 11 is 0. The largest absolute Gasteiger partial charge is 0.465 e. The number of rotatable bonds is 3. The van der Waals surface area contributed by atoms with Crippen LogP contribution >= 0.6 is 0 Å². The molecular formula is C17H10F4N2O2. The second kappa shape index (κ2) is 6.46. The van der Waals surface area contributed by atoms with Crippen molar-refractivity contribution in [2.45, 2.75) is 6.43 Å². The Balaban J connectivity index is 2.39. The van der Waals surface area contributed by atoms with Gasteiger partial charge >= 0.3 is 5.97 Å². The number of hydrogen-bond donors (Lipinski definition) is 0. The Morgan fingerprint density at radius 2 is 1.76 bits per heavy atom. The number of esters is 1. The van der Waals surface area contributed by atoms with E-state index in [2.05, 4.69) is 14.7 Å². The number of nitrogens with zero attached hydrogens (tertiary/aromatic N) is 2. The van der Waals surface area contributed by atoms with Crippen LogP contribution in [0.5, 0.6) is 0 Å². The molecule has 0 spiro atoms. The second-order valence-electron chi connectivity index (χ2n) is 5.09. The van der Waals surface area contributed by atoms with Gasteiger partial charge in [0.2, 0.25) is 0 Å². The lowest BCUT2D eigenvalue weighted by Crippen LogP contribution is -2.03. The van der Waals surface area contributed by atoms with Crippen molar-refractivity contribution in [3.8, 4) is 11.3 Å². The van der Waals surface area contributed by atoms with Crippen LogP contribution in [0.15, 0.2) is 36.8 Å². The molecule has 2 heterocycles. The summed E-state index contributed by atoms with van der Waals surface area (Å²) in [5.41, 5.74) is -1.09. The molecule has 25 heavy (non-hydrogen) atoms. The Hall–Kier alpha value is -3.03. The van der Waals surface area contributed by atoms with Gasteiger partial charge in [-0.05, 0) is 17.5 Å². The normalized spacial score (nSPS) is 11.1.